The number of nitrogens with zero attached hydrogens (tertiary/aromatic N) is 1. The summed E-state index contributed by atoms with van der Waals surface area (Å²) in [5.41, 5.74) is 0. The molecule has 1 atom stereocenters. The standard InChI is InChI=1S/C9H13N3OS.ClH/c1-6-4-11-9(14-6)12-8(13)7-2-3-10-5-7;/h4,7,10H,2-3,5H2,1H3,(H,11,12,13);1H. The maximum Gasteiger partial charge on any atom is 0.230 e. The van der Waals surface area contributed by atoms with E-state index in [-0.39, 0.29) is 24.2 Å². The monoisotopic (exact) mass is 247 g/mol. The highest BCUT2D eigenvalue weighted by molar-refractivity contribution is 7.15. The Balaban J connectivity index is 0.00000112. The van der Waals surface area contributed by atoms with E-state index < -0.39 is 0 Å². The van der Waals surface area contributed by atoms with Crippen molar-refractivity contribution in [1.82, 2.24) is 10.3 Å². The van der Waals surface area contributed by atoms with Crippen molar-refractivity contribution >= 4 is 34.8 Å². The Morgan fingerprint density at radius 3 is 3.07 bits per heavy atom. The molecule has 84 valence electrons. The number of rotatable bonds is 2. The summed E-state index contributed by atoms with van der Waals surface area (Å²) in [6.45, 7) is 3.70. The largest absolute Gasteiger partial charge is 0.316 e. The van der Waals surface area contributed by atoms with Crippen LogP contribution in [0.1, 0.15) is 11.3 Å². The van der Waals surface area contributed by atoms with Crippen molar-refractivity contribution in [2.45, 2.75) is 13.3 Å². The van der Waals surface area contributed by atoms with E-state index in [0.717, 1.165) is 24.4 Å². The summed E-state index contributed by atoms with van der Waals surface area (Å²) in [5, 5.41) is 6.71. The Morgan fingerprint density at radius 2 is 2.53 bits per heavy atom. The van der Waals surface area contributed by atoms with Crippen LogP contribution in [-0.4, -0.2) is 24.0 Å². The van der Waals surface area contributed by atoms with E-state index in [9.17, 15) is 4.79 Å². The van der Waals surface area contributed by atoms with Gasteiger partial charge in [0.05, 0.1) is 5.92 Å². The molecule has 0 aromatic carbocycles. The fourth-order valence-electron chi connectivity index (χ4n) is 1.50. The number of thiazole rings is 1. The number of hydrogen-bond donors (Lipinski definition) is 2. The van der Waals surface area contributed by atoms with Crippen LogP contribution >= 0.6 is 23.7 Å². The molecule has 0 bridgehead atoms. The summed E-state index contributed by atoms with van der Waals surface area (Å²) >= 11 is 1.51. The van der Waals surface area contributed by atoms with Crippen molar-refractivity contribution in [1.29, 1.82) is 0 Å². The maximum absolute atomic E-state index is 11.6. The number of hydrogen-bond acceptors (Lipinski definition) is 4. The fraction of sp³-hybridized carbons (Fsp3) is 0.556. The Bertz CT molecular complexity index is 336. The predicted molar refractivity (Wildman–Crippen MR) is 63.7 cm³/mol. The number of amides is 1. The molecular formula is C9H14ClN3OS. The van der Waals surface area contributed by atoms with Gasteiger partial charge in [0.15, 0.2) is 5.13 Å². The third kappa shape index (κ3) is 3.15. The number of carbonyl (C=O) groups excluding carboxylic acids is 1. The molecule has 1 aliphatic rings. The number of aryl methyl sites for hydroxylation is 1. The minimum atomic E-state index is 0. The zero-order chi connectivity index (χ0) is 9.97. The molecule has 0 spiro atoms. The molecule has 1 aromatic heterocycles. The fourth-order valence-corrected chi connectivity index (χ4v) is 2.17. The zero-order valence-electron chi connectivity index (χ0n) is 8.45. The van der Waals surface area contributed by atoms with E-state index in [4.69, 9.17) is 0 Å². The first-order valence-corrected chi connectivity index (χ1v) is 5.51. The molecule has 1 aromatic rings. The number of halogens is 1. The van der Waals surface area contributed by atoms with Crippen LogP contribution in [0.25, 0.3) is 0 Å². The Morgan fingerprint density at radius 1 is 1.73 bits per heavy atom. The molecule has 0 radical (unpaired) electrons. The van der Waals surface area contributed by atoms with Gasteiger partial charge in [-0.15, -0.1) is 23.7 Å². The van der Waals surface area contributed by atoms with Gasteiger partial charge in [-0.2, -0.15) is 0 Å². The Kier molecular flexibility index (Phi) is 4.50. The smallest absolute Gasteiger partial charge is 0.230 e. The van der Waals surface area contributed by atoms with Crippen LogP contribution < -0.4 is 10.6 Å². The number of anilines is 1. The summed E-state index contributed by atoms with van der Waals surface area (Å²) in [6.07, 6.45) is 2.70. The van der Waals surface area contributed by atoms with Gasteiger partial charge < -0.3 is 10.6 Å². The first-order valence-electron chi connectivity index (χ1n) is 4.70. The van der Waals surface area contributed by atoms with Gasteiger partial charge in [-0.05, 0) is 19.9 Å². The predicted octanol–water partition coefficient (Wildman–Crippen LogP) is 1.42. The van der Waals surface area contributed by atoms with E-state index >= 15 is 0 Å². The Hall–Kier alpha value is -0.650. The van der Waals surface area contributed by atoms with Gasteiger partial charge in [0.1, 0.15) is 0 Å². The third-order valence-electron chi connectivity index (χ3n) is 2.28. The topological polar surface area (TPSA) is 54.0 Å². The maximum atomic E-state index is 11.6. The van der Waals surface area contributed by atoms with E-state index in [1.807, 2.05) is 6.92 Å². The van der Waals surface area contributed by atoms with E-state index in [2.05, 4.69) is 15.6 Å². The average molecular weight is 248 g/mol. The highest BCUT2D eigenvalue weighted by Gasteiger charge is 2.22. The van der Waals surface area contributed by atoms with Crippen LogP contribution in [0, 0.1) is 12.8 Å². The lowest BCUT2D eigenvalue weighted by Crippen LogP contribution is -2.24. The first-order chi connectivity index (χ1) is 6.75. The molecule has 1 amide bonds. The van der Waals surface area contributed by atoms with Crippen LogP contribution in [0.15, 0.2) is 6.20 Å². The van der Waals surface area contributed by atoms with Crippen molar-refractivity contribution in [3.05, 3.63) is 11.1 Å². The van der Waals surface area contributed by atoms with Gasteiger partial charge in [0.25, 0.3) is 0 Å². The SMILES string of the molecule is Cc1cnc(NC(=O)C2CCNC2)s1.Cl. The summed E-state index contributed by atoms with van der Waals surface area (Å²) in [5.74, 6) is 0.198. The first kappa shape index (κ1) is 12.4. The summed E-state index contributed by atoms with van der Waals surface area (Å²) in [7, 11) is 0. The minimum absolute atomic E-state index is 0. The molecule has 1 fully saturated rings. The van der Waals surface area contributed by atoms with Crippen LogP contribution in [0.5, 0.6) is 0 Å². The number of carbonyl (C=O) groups is 1. The van der Waals surface area contributed by atoms with Crippen LogP contribution in [0.3, 0.4) is 0 Å². The number of nitrogens with one attached hydrogen (secondary N) is 2. The van der Waals surface area contributed by atoms with Gasteiger partial charge in [0, 0.05) is 17.6 Å². The quantitative estimate of drug-likeness (QED) is 0.831. The molecule has 2 heterocycles. The van der Waals surface area contributed by atoms with E-state index in [1.54, 1.807) is 6.20 Å². The van der Waals surface area contributed by atoms with Crippen molar-refractivity contribution in [3.8, 4) is 0 Å². The second kappa shape index (κ2) is 5.44. The lowest BCUT2D eigenvalue weighted by Gasteiger charge is -2.06. The molecule has 0 aliphatic carbocycles. The van der Waals surface area contributed by atoms with Crippen molar-refractivity contribution in [3.63, 3.8) is 0 Å². The Labute approximate surface area is 98.9 Å². The summed E-state index contributed by atoms with van der Waals surface area (Å²) in [6, 6.07) is 0. The second-order valence-electron chi connectivity index (χ2n) is 3.46. The van der Waals surface area contributed by atoms with Crippen LogP contribution in [0.4, 0.5) is 5.13 Å². The lowest BCUT2D eigenvalue weighted by molar-refractivity contribution is -0.119. The van der Waals surface area contributed by atoms with Gasteiger partial charge in [-0.25, -0.2) is 4.98 Å². The molecule has 1 saturated heterocycles. The van der Waals surface area contributed by atoms with Gasteiger partial charge in [0.2, 0.25) is 5.91 Å². The lowest BCUT2D eigenvalue weighted by atomic mass is 10.1. The van der Waals surface area contributed by atoms with Gasteiger partial charge in [-0.3, -0.25) is 4.79 Å². The summed E-state index contributed by atoms with van der Waals surface area (Å²) in [4.78, 5) is 16.8. The molecule has 1 aliphatic heterocycles. The highest BCUT2D eigenvalue weighted by Crippen LogP contribution is 2.18. The molecule has 0 saturated carbocycles. The van der Waals surface area contributed by atoms with Crippen molar-refractivity contribution in [2.24, 2.45) is 5.92 Å². The second-order valence-corrected chi connectivity index (χ2v) is 4.69. The molecule has 15 heavy (non-hydrogen) atoms. The molecule has 4 nitrogen and oxygen atoms in total. The van der Waals surface area contributed by atoms with Crippen molar-refractivity contribution < 1.29 is 4.79 Å². The molecular weight excluding hydrogens is 234 g/mol. The molecule has 2 N–H and O–H groups in total. The van der Waals surface area contributed by atoms with Crippen LogP contribution in [0.2, 0.25) is 0 Å². The van der Waals surface area contributed by atoms with E-state index in [1.165, 1.54) is 11.3 Å². The van der Waals surface area contributed by atoms with Crippen molar-refractivity contribution in [2.75, 3.05) is 18.4 Å². The molecule has 1 unspecified atom stereocenters. The van der Waals surface area contributed by atoms with E-state index in [0.29, 0.717) is 5.13 Å². The molecule has 2 rings (SSSR count). The summed E-state index contributed by atoms with van der Waals surface area (Å²) < 4.78 is 0. The highest BCUT2D eigenvalue weighted by atomic mass is 35.5. The number of aromatic nitrogens is 1. The average Bonchev–Trinajstić information content (AvgIpc) is 2.75. The third-order valence-corrected chi connectivity index (χ3v) is 3.11. The van der Waals surface area contributed by atoms with Crippen LogP contribution in [-0.2, 0) is 4.79 Å². The minimum Gasteiger partial charge on any atom is -0.316 e. The molecule has 6 heteroatoms. The van der Waals surface area contributed by atoms with Gasteiger partial charge in [-0.1, -0.05) is 0 Å². The normalized spacial score (nSPS) is 19.7. The zero-order valence-corrected chi connectivity index (χ0v) is 10.1. The van der Waals surface area contributed by atoms with Gasteiger partial charge >= 0.3 is 0 Å².